The van der Waals surface area contributed by atoms with Gasteiger partial charge in [0, 0.05) is 19.4 Å². The molecule has 1 aliphatic heterocycles. The molecule has 5 heteroatoms. The predicted octanol–water partition coefficient (Wildman–Crippen LogP) is 1.28. The van der Waals surface area contributed by atoms with Gasteiger partial charge in [0.1, 0.15) is 12.2 Å². The summed E-state index contributed by atoms with van der Waals surface area (Å²) < 4.78 is 10.5. The molecule has 1 N–H and O–H groups in total. The summed E-state index contributed by atoms with van der Waals surface area (Å²) in [6, 6.07) is 0. The molecule has 1 rings (SSSR count). The van der Waals surface area contributed by atoms with Crippen LogP contribution in [0, 0.1) is 11.8 Å². The average molecular weight is 258 g/mol. The maximum Gasteiger partial charge on any atom is 0.309 e. The van der Waals surface area contributed by atoms with Crippen LogP contribution in [-0.2, 0) is 19.1 Å². The second kappa shape index (κ2) is 6.73. The molecule has 1 heterocycles. The van der Waals surface area contributed by atoms with Crippen LogP contribution in [0.3, 0.4) is 0 Å². The van der Waals surface area contributed by atoms with Crippen LogP contribution in [0.1, 0.15) is 40.0 Å². The molecular formula is C13H22O5. The molecule has 0 aliphatic carbocycles. The Labute approximate surface area is 107 Å². The summed E-state index contributed by atoms with van der Waals surface area (Å²) in [4.78, 5) is 22.7. The summed E-state index contributed by atoms with van der Waals surface area (Å²) in [5, 5.41) is 9.11. The Bertz CT molecular complexity index is 302. The smallest absolute Gasteiger partial charge is 0.309 e. The van der Waals surface area contributed by atoms with E-state index in [0.29, 0.717) is 6.42 Å². The first-order chi connectivity index (χ1) is 8.43. The second-order valence-electron chi connectivity index (χ2n) is 5.09. The zero-order valence-electron chi connectivity index (χ0n) is 11.2. The van der Waals surface area contributed by atoms with Crippen LogP contribution >= 0.6 is 0 Å². The van der Waals surface area contributed by atoms with Crippen LogP contribution in [0.15, 0.2) is 0 Å². The quantitative estimate of drug-likeness (QED) is 0.772. The van der Waals surface area contributed by atoms with Crippen LogP contribution in [0.4, 0.5) is 0 Å². The number of aliphatic hydroxyl groups is 1. The Hall–Kier alpha value is -1.10. The molecule has 5 nitrogen and oxygen atoms in total. The Morgan fingerprint density at radius 3 is 2.78 bits per heavy atom. The molecule has 1 saturated heterocycles. The van der Waals surface area contributed by atoms with Crippen molar-refractivity contribution >= 4 is 11.9 Å². The fourth-order valence-electron chi connectivity index (χ4n) is 2.14. The van der Waals surface area contributed by atoms with Crippen molar-refractivity contribution in [1.29, 1.82) is 0 Å². The van der Waals surface area contributed by atoms with Gasteiger partial charge in [0.05, 0.1) is 6.42 Å². The predicted molar refractivity (Wildman–Crippen MR) is 64.7 cm³/mol. The fraction of sp³-hybridized carbons (Fsp3) is 0.846. The summed E-state index contributed by atoms with van der Waals surface area (Å²) in [6.45, 7) is 5.16. The van der Waals surface area contributed by atoms with Crippen molar-refractivity contribution in [2.75, 3.05) is 6.61 Å². The average Bonchev–Trinajstić information content (AvgIpc) is 2.30. The van der Waals surface area contributed by atoms with E-state index in [1.54, 1.807) is 0 Å². The summed E-state index contributed by atoms with van der Waals surface area (Å²) >= 11 is 0. The first kappa shape index (κ1) is 15.0. The van der Waals surface area contributed by atoms with E-state index in [4.69, 9.17) is 14.6 Å². The minimum absolute atomic E-state index is 0.000296. The molecule has 18 heavy (non-hydrogen) atoms. The van der Waals surface area contributed by atoms with Gasteiger partial charge in [-0.2, -0.15) is 0 Å². The monoisotopic (exact) mass is 258 g/mol. The number of rotatable bonds is 3. The van der Waals surface area contributed by atoms with E-state index in [-0.39, 0.29) is 42.9 Å². The number of hydrogen-bond acceptors (Lipinski definition) is 5. The largest absolute Gasteiger partial charge is 0.462 e. The van der Waals surface area contributed by atoms with Crippen molar-refractivity contribution in [2.24, 2.45) is 11.8 Å². The van der Waals surface area contributed by atoms with Crippen LogP contribution in [-0.4, -0.2) is 35.9 Å². The van der Waals surface area contributed by atoms with Gasteiger partial charge in [0.25, 0.3) is 0 Å². The zero-order chi connectivity index (χ0) is 13.7. The number of hydrogen-bond donors (Lipinski definition) is 1. The second-order valence-corrected chi connectivity index (χ2v) is 5.09. The molecule has 1 fully saturated rings. The van der Waals surface area contributed by atoms with Gasteiger partial charge in [-0.1, -0.05) is 13.8 Å². The lowest BCUT2D eigenvalue weighted by Gasteiger charge is -2.30. The lowest BCUT2D eigenvalue weighted by Crippen LogP contribution is -2.36. The van der Waals surface area contributed by atoms with Crippen LogP contribution in [0.5, 0.6) is 0 Å². The van der Waals surface area contributed by atoms with E-state index in [1.165, 1.54) is 6.92 Å². The van der Waals surface area contributed by atoms with E-state index < -0.39 is 6.10 Å². The standard InChI is InChI=1S/C13H22O5/c1-8-4-5-11(9(2)7-14)18-13(16)6-12(8)17-10(3)15/h8-9,11-12,14H,4-7H2,1-3H3/t8-,9+,11-,12+/m0/s1. The van der Waals surface area contributed by atoms with Gasteiger partial charge < -0.3 is 14.6 Å². The molecule has 0 aromatic heterocycles. The number of carbonyl (C=O) groups excluding carboxylic acids is 2. The number of ether oxygens (including phenoxy) is 2. The van der Waals surface area contributed by atoms with E-state index in [2.05, 4.69) is 0 Å². The first-order valence-electron chi connectivity index (χ1n) is 6.41. The van der Waals surface area contributed by atoms with Gasteiger partial charge in [-0.15, -0.1) is 0 Å². The van der Waals surface area contributed by atoms with E-state index in [9.17, 15) is 9.59 Å². The van der Waals surface area contributed by atoms with Gasteiger partial charge >= 0.3 is 11.9 Å². The van der Waals surface area contributed by atoms with E-state index in [1.807, 2.05) is 13.8 Å². The minimum atomic E-state index is -0.402. The molecular weight excluding hydrogens is 236 g/mol. The Balaban J connectivity index is 2.65. The lowest BCUT2D eigenvalue weighted by molar-refractivity contribution is -0.164. The van der Waals surface area contributed by atoms with Gasteiger partial charge in [-0.3, -0.25) is 9.59 Å². The summed E-state index contributed by atoms with van der Waals surface area (Å²) in [5.41, 5.74) is 0. The minimum Gasteiger partial charge on any atom is -0.462 e. The highest BCUT2D eigenvalue weighted by Crippen LogP contribution is 2.26. The first-order valence-corrected chi connectivity index (χ1v) is 6.41. The van der Waals surface area contributed by atoms with Crippen molar-refractivity contribution in [3.8, 4) is 0 Å². The van der Waals surface area contributed by atoms with Gasteiger partial charge in [-0.25, -0.2) is 0 Å². The van der Waals surface area contributed by atoms with Crippen LogP contribution < -0.4 is 0 Å². The fourth-order valence-corrected chi connectivity index (χ4v) is 2.14. The third-order valence-corrected chi connectivity index (χ3v) is 3.43. The normalized spacial score (nSPS) is 30.9. The molecule has 0 bridgehead atoms. The zero-order valence-corrected chi connectivity index (χ0v) is 11.2. The molecule has 0 aromatic carbocycles. The molecule has 0 unspecified atom stereocenters. The van der Waals surface area contributed by atoms with Crippen molar-refractivity contribution < 1.29 is 24.2 Å². The molecule has 0 aromatic rings. The van der Waals surface area contributed by atoms with E-state index >= 15 is 0 Å². The SMILES string of the molecule is CC(=O)O[C@@H]1CC(=O)O[C@H]([C@H](C)CO)CC[C@@H]1C. The highest BCUT2D eigenvalue weighted by molar-refractivity contribution is 5.71. The van der Waals surface area contributed by atoms with Gasteiger partial charge in [-0.05, 0) is 18.8 Å². The summed E-state index contributed by atoms with van der Waals surface area (Å²) in [7, 11) is 0. The van der Waals surface area contributed by atoms with Crippen molar-refractivity contribution in [1.82, 2.24) is 0 Å². The number of carbonyl (C=O) groups is 2. The van der Waals surface area contributed by atoms with E-state index in [0.717, 1.165) is 6.42 Å². The summed E-state index contributed by atoms with van der Waals surface area (Å²) in [6.07, 6.45) is 0.936. The van der Waals surface area contributed by atoms with Crippen LogP contribution in [0.2, 0.25) is 0 Å². The molecule has 0 saturated carbocycles. The highest BCUT2D eigenvalue weighted by atomic mass is 16.6. The maximum atomic E-state index is 11.7. The maximum absolute atomic E-state index is 11.7. The molecule has 0 amide bonds. The topological polar surface area (TPSA) is 72.8 Å². The Kier molecular flexibility index (Phi) is 5.59. The lowest BCUT2D eigenvalue weighted by atomic mass is 9.90. The number of aliphatic hydroxyl groups excluding tert-OH is 1. The number of cyclic esters (lactones) is 1. The van der Waals surface area contributed by atoms with Crippen molar-refractivity contribution in [3.63, 3.8) is 0 Å². The molecule has 0 radical (unpaired) electrons. The number of esters is 2. The molecule has 104 valence electrons. The van der Waals surface area contributed by atoms with Crippen LogP contribution in [0.25, 0.3) is 0 Å². The third kappa shape index (κ3) is 4.29. The summed E-state index contributed by atoms with van der Waals surface area (Å²) in [5.74, 6) is -0.680. The molecule has 4 atom stereocenters. The van der Waals surface area contributed by atoms with Gasteiger partial charge in [0.2, 0.25) is 0 Å². The molecule has 0 spiro atoms. The Morgan fingerprint density at radius 1 is 1.56 bits per heavy atom. The third-order valence-electron chi connectivity index (χ3n) is 3.43. The van der Waals surface area contributed by atoms with Gasteiger partial charge in [0.15, 0.2) is 0 Å². The van der Waals surface area contributed by atoms with Crippen molar-refractivity contribution in [2.45, 2.75) is 52.2 Å². The highest BCUT2D eigenvalue weighted by Gasteiger charge is 2.31. The Morgan fingerprint density at radius 2 is 2.22 bits per heavy atom. The molecule has 1 aliphatic rings. The van der Waals surface area contributed by atoms with Crippen molar-refractivity contribution in [3.05, 3.63) is 0 Å².